The molecule has 4 aromatic rings. The zero-order valence-electron chi connectivity index (χ0n) is 16.1. The van der Waals surface area contributed by atoms with Crippen LogP contribution in [0.5, 0.6) is 0 Å². The van der Waals surface area contributed by atoms with Crippen molar-refractivity contribution in [3.8, 4) is 11.4 Å². The molecule has 30 heavy (non-hydrogen) atoms. The highest BCUT2D eigenvalue weighted by molar-refractivity contribution is 5.94. The first-order valence-corrected chi connectivity index (χ1v) is 9.79. The molecule has 0 spiro atoms. The lowest BCUT2D eigenvalue weighted by Crippen LogP contribution is -2.32. The Morgan fingerprint density at radius 2 is 2.07 bits per heavy atom. The van der Waals surface area contributed by atoms with Crippen molar-refractivity contribution >= 4 is 28.0 Å². The molecule has 0 saturated carbocycles. The third-order valence-corrected chi connectivity index (χ3v) is 6.22. The van der Waals surface area contributed by atoms with Crippen LogP contribution < -0.4 is 5.56 Å². The molecule has 8 nitrogen and oxygen atoms in total. The number of cyclic esters (lactones) is 1. The maximum Gasteiger partial charge on any atom is 0.309 e. The van der Waals surface area contributed by atoms with Crippen molar-refractivity contribution in [3.05, 3.63) is 57.7 Å². The summed E-state index contributed by atoms with van der Waals surface area (Å²) in [7, 11) is 0. The largest absolute Gasteiger partial charge is 0.460 e. The zero-order valence-corrected chi connectivity index (χ0v) is 16.1. The molecular formula is C22H17N3O5. The Labute approximate surface area is 169 Å². The van der Waals surface area contributed by atoms with E-state index in [4.69, 9.17) is 14.1 Å². The number of hydrogen-bond donors (Lipinski definition) is 1. The third kappa shape index (κ3) is 2.25. The van der Waals surface area contributed by atoms with Crippen molar-refractivity contribution < 1.29 is 19.1 Å². The summed E-state index contributed by atoms with van der Waals surface area (Å²) in [6.45, 7) is 2.02. The highest BCUT2D eigenvalue weighted by Crippen LogP contribution is 2.39. The van der Waals surface area contributed by atoms with E-state index < -0.39 is 11.6 Å². The average molecular weight is 403 g/mol. The van der Waals surface area contributed by atoms with Crippen LogP contribution in [0.25, 0.3) is 33.4 Å². The summed E-state index contributed by atoms with van der Waals surface area (Å²) >= 11 is 0. The van der Waals surface area contributed by atoms with Gasteiger partial charge in [-0.3, -0.25) is 9.59 Å². The van der Waals surface area contributed by atoms with Crippen molar-refractivity contribution in [2.24, 2.45) is 0 Å². The summed E-state index contributed by atoms with van der Waals surface area (Å²) < 4.78 is 12.2. The Balaban J connectivity index is 1.62. The van der Waals surface area contributed by atoms with Gasteiger partial charge in [0.1, 0.15) is 17.7 Å². The van der Waals surface area contributed by atoms with Crippen molar-refractivity contribution in [1.82, 2.24) is 14.5 Å². The van der Waals surface area contributed by atoms with Gasteiger partial charge in [0.2, 0.25) is 0 Å². The number of aromatic nitrogens is 3. The first-order chi connectivity index (χ1) is 14.5. The minimum absolute atomic E-state index is 0.136. The van der Waals surface area contributed by atoms with E-state index in [1.807, 2.05) is 18.2 Å². The van der Waals surface area contributed by atoms with Crippen LogP contribution in [0, 0.1) is 0 Å². The fourth-order valence-electron chi connectivity index (χ4n) is 4.53. The number of rotatable bonds is 1. The second-order valence-electron chi connectivity index (χ2n) is 7.90. The van der Waals surface area contributed by atoms with E-state index in [1.54, 1.807) is 17.6 Å². The molecule has 1 aromatic carbocycles. The molecule has 2 aliphatic heterocycles. The molecule has 0 bridgehead atoms. The number of ether oxygens (including phenoxy) is 1. The predicted octanol–water partition coefficient (Wildman–Crippen LogP) is 2.61. The number of aliphatic hydroxyl groups is 1. The second-order valence-corrected chi connectivity index (χ2v) is 7.90. The number of carbonyl (C=O) groups is 1. The van der Waals surface area contributed by atoms with Crippen LogP contribution in [-0.2, 0) is 28.3 Å². The minimum atomic E-state index is -1.44. The first-order valence-electron chi connectivity index (χ1n) is 9.79. The van der Waals surface area contributed by atoms with Crippen LogP contribution in [0.2, 0.25) is 0 Å². The number of carbonyl (C=O) groups excluding carboxylic acids is 1. The van der Waals surface area contributed by atoms with E-state index in [-0.39, 0.29) is 18.6 Å². The van der Waals surface area contributed by atoms with Crippen molar-refractivity contribution in [3.63, 3.8) is 0 Å². The number of hydrogen-bond acceptors (Lipinski definition) is 7. The van der Waals surface area contributed by atoms with Crippen molar-refractivity contribution in [1.29, 1.82) is 0 Å². The number of fused-ring (bicyclic) bond motifs is 6. The van der Waals surface area contributed by atoms with Gasteiger partial charge < -0.3 is 18.8 Å². The topological polar surface area (TPSA) is 107 Å². The molecule has 1 atom stereocenters. The fraction of sp³-hybridized carbons (Fsp3) is 0.273. The summed E-state index contributed by atoms with van der Waals surface area (Å²) in [6.07, 6.45) is 1.51. The van der Waals surface area contributed by atoms with Gasteiger partial charge in [0.05, 0.1) is 35.4 Å². The Morgan fingerprint density at radius 1 is 1.20 bits per heavy atom. The third-order valence-electron chi connectivity index (χ3n) is 6.22. The molecule has 5 heterocycles. The summed E-state index contributed by atoms with van der Waals surface area (Å²) in [4.78, 5) is 34.3. The van der Waals surface area contributed by atoms with Crippen LogP contribution in [0.3, 0.4) is 0 Å². The second kappa shape index (κ2) is 5.76. The van der Waals surface area contributed by atoms with E-state index >= 15 is 0 Å². The Hall–Kier alpha value is -3.52. The van der Waals surface area contributed by atoms with Crippen LogP contribution in [0.1, 0.15) is 36.5 Å². The molecule has 0 fully saturated rings. The van der Waals surface area contributed by atoms with Gasteiger partial charge in [-0.05, 0) is 30.2 Å². The number of oxazole rings is 1. The summed E-state index contributed by atoms with van der Waals surface area (Å²) in [5.41, 5.74) is 3.44. The maximum absolute atomic E-state index is 13.3. The molecule has 3 aromatic heterocycles. The monoisotopic (exact) mass is 403 g/mol. The molecule has 1 N–H and O–H groups in total. The Bertz CT molecular complexity index is 1450. The number of benzene rings is 1. The van der Waals surface area contributed by atoms with E-state index in [0.29, 0.717) is 41.1 Å². The molecular weight excluding hydrogens is 386 g/mol. The van der Waals surface area contributed by atoms with Gasteiger partial charge in [0.25, 0.3) is 5.56 Å². The zero-order chi connectivity index (χ0) is 20.6. The highest BCUT2D eigenvalue weighted by atomic mass is 16.5. The first kappa shape index (κ1) is 17.3. The molecule has 6 rings (SSSR count). The van der Waals surface area contributed by atoms with Gasteiger partial charge in [-0.25, -0.2) is 9.97 Å². The molecule has 0 saturated heterocycles. The van der Waals surface area contributed by atoms with Gasteiger partial charge in [0, 0.05) is 17.0 Å². The molecule has 1 unspecified atom stereocenters. The van der Waals surface area contributed by atoms with Gasteiger partial charge in [-0.15, -0.1) is 0 Å². The van der Waals surface area contributed by atoms with Crippen LogP contribution in [0.4, 0.5) is 0 Å². The fourth-order valence-corrected chi connectivity index (χ4v) is 4.53. The van der Waals surface area contributed by atoms with Crippen molar-refractivity contribution in [2.75, 3.05) is 0 Å². The predicted molar refractivity (Wildman–Crippen MR) is 107 cm³/mol. The van der Waals surface area contributed by atoms with Gasteiger partial charge in [-0.2, -0.15) is 0 Å². The molecule has 0 aliphatic carbocycles. The van der Waals surface area contributed by atoms with Crippen molar-refractivity contribution in [2.45, 2.75) is 38.5 Å². The highest BCUT2D eigenvalue weighted by Gasteiger charge is 2.39. The molecule has 0 radical (unpaired) electrons. The van der Waals surface area contributed by atoms with E-state index in [0.717, 1.165) is 22.0 Å². The van der Waals surface area contributed by atoms with Crippen LogP contribution >= 0.6 is 0 Å². The molecule has 2 aliphatic rings. The Kier molecular flexibility index (Phi) is 3.33. The molecule has 8 heteroatoms. The lowest BCUT2D eigenvalue weighted by molar-refractivity contribution is -0.149. The summed E-state index contributed by atoms with van der Waals surface area (Å²) in [5.74, 6) is -0.513. The van der Waals surface area contributed by atoms with Crippen LogP contribution in [0.15, 0.2) is 39.9 Å². The summed E-state index contributed by atoms with van der Waals surface area (Å²) in [6, 6.07) is 7.55. The maximum atomic E-state index is 13.3. The SMILES string of the molecule is CCC1(O)CC(=O)OCc2c1cc1n(c2=O)Cc2cc3cc4ncoc4cc3nc2-1. The quantitative estimate of drug-likeness (QED) is 0.429. The lowest BCUT2D eigenvalue weighted by atomic mass is 9.85. The van der Waals surface area contributed by atoms with Crippen LogP contribution in [-0.4, -0.2) is 25.6 Å². The normalized spacial score (nSPS) is 20.0. The van der Waals surface area contributed by atoms with Gasteiger partial charge >= 0.3 is 5.97 Å². The standard InChI is InChI=1S/C22H17N3O5/c1-2-22(28)7-19(26)29-9-13-14(22)5-17-20-12(8-25(17)21(13)27)3-11-4-16-18(30-10-23-16)6-15(11)24-20/h3-6,10,28H,2,7-9H2,1H3. The number of pyridine rings is 2. The smallest absolute Gasteiger partial charge is 0.309 e. The van der Waals surface area contributed by atoms with E-state index in [9.17, 15) is 14.7 Å². The Morgan fingerprint density at radius 3 is 2.90 bits per heavy atom. The van der Waals surface area contributed by atoms with Gasteiger partial charge in [0.15, 0.2) is 12.0 Å². The lowest BCUT2D eigenvalue weighted by Gasteiger charge is -2.26. The van der Waals surface area contributed by atoms with E-state index in [2.05, 4.69) is 4.98 Å². The van der Waals surface area contributed by atoms with E-state index in [1.165, 1.54) is 6.39 Å². The number of nitrogens with zero attached hydrogens (tertiary/aromatic N) is 3. The molecule has 0 amide bonds. The van der Waals surface area contributed by atoms with Gasteiger partial charge in [-0.1, -0.05) is 6.92 Å². The average Bonchev–Trinajstić information content (AvgIpc) is 3.29. The summed E-state index contributed by atoms with van der Waals surface area (Å²) in [5, 5.41) is 12.1. The minimum Gasteiger partial charge on any atom is -0.460 e. The number of esters is 1. The molecule has 150 valence electrons.